The zero-order valence-corrected chi connectivity index (χ0v) is 10.7. The summed E-state index contributed by atoms with van der Waals surface area (Å²) in [7, 11) is 1.81. The smallest absolute Gasteiger partial charge is 0.166 e. The van der Waals surface area contributed by atoms with Crippen LogP contribution in [0.5, 0.6) is 11.5 Å². The van der Waals surface area contributed by atoms with Crippen LogP contribution in [0, 0.1) is 5.82 Å². The molecule has 2 rings (SSSR count). The zero-order chi connectivity index (χ0) is 13.7. The van der Waals surface area contributed by atoms with E-state index in [9.17, 15) is 9.50 Å². The molecule has 19 heavy (non-hydrogen) atoms. The summed E-state index contributed by atoms with van der Waals surface area (Å²) in [6, 6.07) is 11.8. The van der Waals surface area contributed by atoms with Crippen LogP contribution < -0.4 is 10.1 Å². The molecule has 2 N–H and O–H groups in total. The number of benzene rings is 2. The molecule has 0 aliphatic carbocycles. The molecule has 3 nitrogen and oxygen atoms in total. The molecule has 0 unspecified atom stereocenters. The van der Waals surface area contributed by atoms with Crippen LogP contribution in [0.3, 0.4) is 0 Å². The first-order chi connectivity index (χ1) is 9.24. The fourth-order valence-corrected chi connectivity index (χ4v) is 1.79. The van der Waals surface area contributed by atoms with Crippen molar-refractivity contribution in [3.8, 4) is 11.5 Å². The van der Waals surface area contributed by atoms with Crippen molar-refractivity contribution in [2.24, 2.45) is 0 Å². The van der Waals surface area contributed by atoms with Crippen LogP contribution in [0.1, 0.15) is 11.1 Å². The van der Waals surface area contributed by atoms with E-state index in [1.165, 1.54) is 6.07 Å². The molecule has 0 atom stereocenters. The molecule has 0 spiro atoms. The molecule has 0 radical (unpaired) electrons. The molecule has 0 fully saturated rings. The van der Waals surface area contributed by atoms with Gasteiger partial charge < -0.3 is 15.2 Å². The van der Waals surface area contributed by atoms with E-state index in [0.29, 0.717) is 17.9 Å². The van der Waals surface area contributed by atoms with Crippen molar-refractivity contribution in [1.29, 1.82) is 0 Å². The monoisotopic (exact) mass is 261 g/mol. The highest BCUT2D eigenvalue weighted by Gasteiger charge is 2.08. The predicted molar refractivity (Wildman–Crippen MR) is 71.6 cm³/mol. The molecule has 0 aliphatic rings. The third-order valence-electron chi connectivity index (χ3n) is 2.74. The van der Waals surface area contributed by atoms with E-state index in [1.54, 1.807) is 43.4 Å². The maximum absolute atomic E-state index is 13.9. The normalized spacial score (nSPS) is 10.5. The lowest BCUT2D eigenvalue weighted by Crippen LogP contribution is -2.05. The van der Waals surface area contributed by atoms with E-state index in [2.05, 4.69) is 5.32 Å². The van der Waals surface area contributed by atoms with E-state index in [4.69, 9.17) is 4.74 Å². The van der Waals surface area contributed by atoms with Crippen molar-refractivity contribution < 1.29 is 14.2 Å². The number of aliphatic hydroxyl groups excluding tert-OH is 1. The van der Waals surface area contributed by atoms with Gasteiger partial charge >= 0.3 is 0 Å². The summed E-state index contributed by atoms with van der Waals surface area (Å²) in [6.07, 6.45) is 0. The van der Waals surface area contributed by atoms with Gasteiger partial charge in [-0.15, -0.1) is 0 Å². The maximum Gasteiger partial charge on any atom is 0.166 e. The summed E-state index contributed by atoms with van der Waals surface area (Å²) in [5.41, 5.74) is 1.48. The van der Waals surface area contributed by atoms with Gasteiger partial charge in [-0.3, -0.25) is 0 Å². The molecule has 0 aliphatic heterocycles. The Morgan fingerprint density at radius 3 is 2.63 bits per heavy atom. The van der Waals surface area contributed by atoms with Crippen LogP contribution in [-0.2, 0) is 13.2 Å². The molecule has 0 saturated heterocycles. The number of para-hydroxylation sites is 1. The van der Waals surface area contributed by atoms with Crippen molar-refractivity contribution >= 4 is 0 Å². The first kappa shape index (κ1) is 13.5. The van der Waals surface area contributed by atoms with E-state index in [1.807, 2.05) is 0 Å². The van der Waals surface area contributed by atoms with E-state index in [0.717, 1.165) is 5.56 Å². The van der Waals surface area contributed by atoms with E-state index >= 15 is 0 Å². The summed E-state index contributed by atoms with van der Waals surface area (Å²) < 4.78 is 19.4. The molecule has 0 heterocycles. The van der Waals surface area contributed by atoms with Gasteiger partial charge in [-0.2, -0.15) is 0 Å². The Morgan fingerprint density at radius 1 is 1.16 bits per heavy atom. The Kier molecular flexibility index (Phi) is 4.49. The molecule has 2 aromatic carbocycles. The maximum atomic E-state index is 13.9. The third kappa shape index (κ3) is 3.30. The Hall–Kier alpha value is -1.91. The van der Waals surface area contributed by atoms with Gasteiger partial charge in [0.2, 0.25) is 0 Å². The Labute approximate surface area is 111 Å². The van der Waals surface area contributed by atoms with Gasteiger partial charge in [-0.05, 0) is 30.8 Å². The number of rotatable bonds is 5. The number of hydrogen-bond acceptors (Lipinski definition) is 3. The number of hydrogen-bond donors (Lipinski definition) is 2. The average Bonchev–Trinajstić information content (AvgIpc) is 2.43. The molecule has 100 valence electrons. The number of nitrogens with one attached hydrogen (secondary N) is 1. The highest BCUT2D eigenvalue weighted by atomic mass is 19.1. The Balaban J connectivity index is 2.23. The first-order valence-corrected chi connectivity index (χ1v) is 6.04. The molecule has 0 amide bonds. The second kappa shape index (κ2) is 6.31. The fraction of sp³-hybridized carbons (Fsp3) is 0.200. The summed E-state index contributed by atoms with van der Waals surface area (Å²) >= 11 is 0. The molecule has 0 saturated carbocycles. The van der Waals surface area contributed by atoms with Crippen molar-refractivity contribution in [3.63, 3.8) is 0 Å². The highest BCUT2D eigenvalue weighted by molar-refractivity contribution is 5.38. The van der Waals surface area contributed by atoms with Crippen LogP contribution in [0.25, 0.3) is 0 Å². The van der Waals surface area contributed by atoms with Gasteiger partial charge in [0.05, 0.1) is 6.61 Å². The SMILES string of the molecule is CNCc1ccc(Oc2ccccc2CO)c(F)c1. The van der Waals surface area contributed by atoms with Crippen LogP contribution in [0.4, 0.5) is 4.39 Å². The van der Waals surface area contributed by atoms with Gasteiger partial charge in [0, 0.05) is 12.1 Å². The first-order valence-electron chi connectivity index (χ1n) is 6.04. The number of halogens is 1. The Bertz CT molecular complexity index is 558. The summed E-state index contributed by atoms with van der Waals surface area (Å²) in [6.45, 7) is 0.458. The minimum Gasteiger partial charge on any atom is -0.454 e. The lowest BCUT2D eigenvalue weighted by atomic mass is 10.2. The molecule has 4 heteroatoms. The molecule has 2 aromatic rings. The van der Waals surface area contributed by atoms with Gasteiger partial charge in [0.15, 0.2) is 11.6 Å². The van der Waals surface area contributed by atoms with Gasteiger partial charge in [-0.1, -0.05) is 24.3 Å². The zero-order valence-electron chi connectivity index (χ0n) is 10.7. The van der Waals surface area contributed by atoms with Crippen LogP contribution in [0.15, 0.2) is 42.5 Å². The third-order valence-corrected chi connectivity index (χ3v) is 2.74. The minimum atomic E-state index is -0.416. The quantitative estimate of drug-likeness (QED) is 0.869. The van der Waals surface area contributed by atoms with Crippen LogP contribution in [-0.4, -0.2) is 12.2 Å². The van der Waals surface area contributed by atoms with Crippen molar-refractivity contribution in [2.45, 2.75) is 13.2 Å². The van der Waals surface area contributed by atoms with Crippen molar-refractivity contribution in [1.82, 2.24) is 5.32 Å². The lowest BCUT2D eigenvalue weighted by Gasteiger charge is -2.11. The Morgan fingerprint density at radius 2 is 1.95 bits per heavy atom. The van der Waals surface area contributed by atoms with Crippen molar-refractivity contribution in [3.05, 3.63) is 59.4 Å². The van der Waals surface area contributed by atoms with Gasteiger partial charge in [0.1, 0.15) is 5.75 Å². The highest BCUT2D eigenvalue weighted by Crippen LogP contribution is 2.27. The second-order valence-electron chi connectivity index (χ2n) is 4.16. The number of aliphatic hydroxyl groups is 1. The summed E-state index contributed by atoms with van der Waals surface area (Å²) in [5.74, 6) is 0.200. The van der Waals surface area contributed by atoms with Crippen molar-refractivity contribution in [2.75, 3.05) is 7.05 Å². The minimum absolute atomic E-state index is 0.143. The van der Waals surface area contributed by atoms with Gasteiger partial charge in [-0.25, -0.2) is 4.39 Å². The average molecular weight is 261 g/mol. The largest absolute Gasteiger partial charge is 0.454 e. The summed E-state index contributed by atoms with van der Waals surface area (Å²) in [5, 5.41) is 12.2. The molecular formula is C15H16FNO2. The standard InChI is InChI=1S/C15H16FNO2/c1-17-9-11-6-7-15(13(16)8-11)19-14-5-3-2-4-12(14)10-18/h2-8,17-18H,9-10H2,1H3. The van der Waals surface area contributed by atoms with Gasteiger partial charge in [0.25, 0.3) is 0 Å². The molecule has 0 bridgehead atoms. The molecule has 0 aromatic heterocycles. The number of ether oxygens (including phenoxy) is 1. The molecular weight excluding hydrogens is 245 g/mol. The van der Waals surface area contributed by atoms with E-state index in [-0.39, 0.29) is 12.4 Å². The van der Waals surface area contributed by atoms with Crippen LogP contribution >= 0.6 is 0 Å². The van der Waals surface area contributed by atoms with Crippen LogP contribution in [0.2, 0.25) is 0 Å². The summed E-state index contributed by atoms with van der Waals surface area (Å²) in [4.78, 5) is 0. The predicted octanol–water partition coefficient (Wildman–Crippen LogP) is 2.83. The fourth-order valence-electron chi connectivity index (χ4n) is 1.79. The lowest BCUT2D eigenvalue weighted by molar-refractivity contribution is 0.276. The van der Waals surface area contributed by atoms with E-state index < -0.39 is 5.82 Å². The second-order valence-corrected chi connectivity index (χ2v) is 4.16. The topological polar surface area (TPSA) is 41.5 Å².